The van der Waals surface area contributed by atoms with E-state index in [4.69, 9.17) is 5.73 Å². The molecule has 1 saturated heterocycles. The maximum Gasteiger partial charge on any atom is 0.225 e. The lowest BCUT2D eigenvalue weighted by Gasteiger charge is -2.20. The van der Waals surface area contributed by atoms with Crippen molar-refractivity contribution in [3.8, 4) is 11.3 Å². The van der Waals surface area contributed by atoms with E-state index in [-0.39, 0.29) is 0 Å². The van der Waals surface area contributed by atoms with Crippen molar-refractivity contribution in [2.75, 3.05) is 17.2 Å². The Bertz CT molecular complexity index is 536. The average molecular weight is 261 g/mol. The molecule has 0 amide bonds. The largest absolute Gasteiger partial charge is 0.375 e. The molecule has 2 aromatic rings. The summed E-state index contributed by atoms with van der Waals surface area (Å²) in [5, 5.41) is 2.49. The highest BCUT2D eigenvalue weighted by molar-refractivity contribution is 7.13. The SMILES string of the molecule is C[C@H]1CCCN1c1ncc(-c2csc(N)n2)cn1. The lowest BCUT2D eigenvalue weighted by molar-refractivity contribution is 0.717. The van der Waals surface area contributed by atoms with Gasteiger partial charge in [-0.1, -0.05) is 0 Å². The van der Waals surface area contributed by atoms with E-state index in [1.807, 2.05) is 17.8 Å². The quantitative estimate of drug-likeness (QED) is 0.897. The van der Waals surface area contributed by atoms with Crippen LogP contribution in [0.2, 0.25) is 0 Å². The van der Waals surface area contributed by atoms with E-state index in [0.29, 0.717) is 11.2 Å². The molecule has 0 saturated carbocycles. The van der Waals surface area contributed by atoms with Crippen LogP contribution in [0.25, 0.3) is 11.3 Å². The van der Waals surface area contributed by atoms with E-state index in [2.05, 4.69) is 26.8 Å². The summed E-state index contributed by atoms with van der Waals surface area (Å²) in [5.74, 6) is 0.812. The maximum absolute atomic E-state index is 5.62. The van der Waals surface area contributed by atoms with Crippen molar-refractivity contribution in [2.24, 2.45) is 0 Å². The predicted octanol–water partition coefficient (Wildman–Crippen LogP) is 2.17. The van der Waals surface area contributed by atoms with Crippen molar-refractivity contribution in [3.05, 3.63) is 17.8 Å². The van der Waals surface area contributed by atoms with Crippen LogP contribution in [0, 0.1) is 0 Å². The normalized spacial score (nSPS) is 19.4. The molecule has 2 N–H and O–H groups in total. The van der Waals surface area contributed by atoms with Crippen LogP contribution >= 0.6 is 11.3 Å². The minimum atomic E-state index is 0.533. The van der Waals surface area contributed by atoms with Gasteiger partial charge in [0.05, 0.1) is 5.69 Å². The smallest absolute Gasteiger partial charge is 0.225 e. The van der Waals surface area contributed by atoms with E-state index in [1.54, 1.807) is 0 Å². The molecule has 1 atom stereocenters. The first-order valence-corrected chi connectivity index (χ1v) is 6.92. The number of nitrogens with two attached hydrogens (primary N) is 1. The van der Waals surface area contributed by atoms with Gasteiger partial charge in [0.1, 0.15) is 0 Å². The minimum absolute atomic E-state index is 0.533. The number of nitrogens with zero attached hydrogens (tertiary/aromatic N) is 4. The Hall–Kier alpha value is -1.69. The van der Waals surface area contributed by atoms with Crippen LogP contribution in [0.4, 0.5) is 11.1 Å². The lowest BCUT2D eigenvalue weighted by atomic mass is 10.2. The molecule has 0 aliphatic carbocycles. The van der Waals surface area contributed by atoms with E-state index < -0.39 is 0 Å². The summed E-state index contributed by atoms with van der Waals surface area (Å²) in [4.78, 5) is 15.3. The van der Waals surface area contributed by atoms with Gasteiger partial charge in [-0.25, -0.2) is 15.0 Å². The number of thiazole rings is 1. The molecule has 0 radical (unpaired) electrons. The zero-order valence-corrected chi connectivity index (χ0v) is 11.0. The molecular formula is C12H15N5S. The zero-order chi connectivity index (χ0) is 12.5. The highest BCUT2D eigenvalue weighted by Crippen LogP contribution is 2.25. The van der Waals surface area contributed by atoms with Gasteiger partial charge in [-0.2, -0.15) is 0 Å². The molecule has 2 aromatic heterocycles. The van der Waals surface area contributed by atoms with Gasteiger partial charge in [-0.3, -0.25) is 0 Å². The maximum atomic E-state index is 5.62. The average Bonchev–Trinajstić information content (AvgIpc) is 2.98. The highest BCUT2D eigenvalue weighted by Gasteiger charge is 2.22. The number of aromatic nitrogens is 3. The van der Waals surface area contributed by atoms with Crippen LogP contribution < -0.4 is 10.6 Å². The van der Waals surface area contributed by atoms with Crippen molar-refractivity contribution in [1.29, 1.82) is 0 Å². The molecule has 3 heterocycles. The van der Waals surface area contributed by atoms with Crippen LogP contribution in [0.1, 0.15) is 19.8 Å². The summed E-state index contributed by atoms with van der Waals surface area (Å²) in [5.41, 5.74) is 7.38. The van der Waals surface area contributed by atoms with E-state index >= 15 is 0 Å². The Morgan fingerprint density at radius 1 is 1.39 bits per heavy atom. The van der Waals surface area contributed by atoms with Crippen LogP contribution in [-0.2, 0) is 0 Å². The van der Waals surface area contributed by atoms with Crippen molar-refractivity contribution < 1.29 is 0 Å². The third kappa shape index (κ3) is 2.03. The van der Waals surface area contributed by atoms with E-state index in [9.17, 15) is 0 Å². The Morgan fingerprint density at radius 2 is 2.17 bits per heavy atom. The van der Waals surface area contributed by atoms with Gasteiger partial charge in [0.2, 0.25) is 5.95 Å². The monoisotopic (exact) mass is 261 g/mol. The van der Waals surface area contributed by atoms with E-state index in [0.717, 1.165) is 23.8 Å². The molecule has 1 fully saturated rings. The summed E-state index contributed by atoms with van der Waals surface area (Å²) in [6, 6.07) is 0.533. The summed E-state index contributed by atoms with van der Waals surface area (Å²) in [6.45, 7) is 3.26. The third-order valence-electron chi connectivity index (χ3n) is 3.27. The first kappa shape index (κ1) is 11.4. The molecule has 0 bridgehead atoms. The fraction of sp³-hybridized carbons (Fsp3) is 0.417. The van der Waals surface area contributed by atoms with E-state index in [1.165, 1.54) is 24.2 Å². The number of hydrogen-bond donors (Lipinski definition) is 1. The van der Waals surface area contributed by atoms with Gasteiger partial charge >= 0.3 is 0 Å². The van der Waals surface area contributed by atoms with Crippen LogP contribution in [0.3, 0.4) is 0 Å². The molecule has 1 aliphatic heterocycles. The fourth-order valence-electron chi connectivity index (χ4n) is 2.25. The number of nitrogen functional groups attached to an aromatic ring is 1. The summed E-state index contributed by atoms with van der Waals surface area (Å²) < 4.78 is 0. The van der Waals surface area contributed by atoms with Crippen molar-refractivity contribution in [2.45, 2.75) is 25.8 Å². The van der Waals surface area contributed by atoms with Crippen LogP contribution in [0.15, 0.2) is 17.8 Å². The van der Waals surface area contributed by atoms with Crippen molar-refractivity contribution >= 4 is 22.4 Å². The molecule has 0 aromatic carbocycles. The molecule has 5 nitrogen and oxygen atoms in total. The molecule has 0 spiro atoms. The van der Waals surface area contributed by atoms with Gasteiger partial charge in [-0.05, 0) is 19.8 Å². The molecule has 18 heavy (non-hydrogen) atoms. The number of hydrogen-bond acceptors (Lipinski definition) is 6. The van der Waals surface area contributed by atoms with Crippen molar-refractivity contribution in [1.82, 2.24) is 15.0 Å². The number of anilines is 2. The second-order valence-corrected chi connectivity index (χ2v) is 5.42. The molecule has 94 valence electrons. The molecule has 1 aliphatic rings. The molecular weight excluding hydrogens is 246 g/mol. The first-order chi connectivity index (χ1) is 8.74. The second kappa shape index (κ2) is 4.53. The minimum Gasteiger partial charge on any atom is -0.375 e. The predicted molar refractivity (Wildman–Crippen MR) is 73.6 cm³/mol. The van der Waals surface area contributed by atoms with Crippen LogP contribution in [0.5, 0.6) is 0 Å². The van der Waals surface area contributed by atoms with Crippen molar-refractivity contribution in [3.63, 3.8) is 0 Å². The van der Waals surface area contributed by atoms with Gasteiger partial charge in [0.15, 0.2) is 5.13 Å². The molecule has 3 rings (SSSR count). The van der Waals surface area contributed by atoms with Gasteiger partial charge < -0.3 is 10.6 Å². The standard InChI is InChI=1S/C12H15N5S/c1-8-3-2-4-17(8)12-14-5-9(6-15-12)10-7-18-11(13)16-10/h5-8H,2-4H2,1H3,(H2,13,16)/t8-/m0/s1. The third-order valence-corrected chi connectivity index (χ3v) is 3.94. The lowest BCUT2D eigenvalue weighted by Crippen LogP contribution is -2.28. The number of rotatable bonds is 2. The van der Waals surface area contributed by atoms with Gasteiger partial charge in [0, 0.05) is 35.9 Å². The van der Waals surface area contributed by atoms with Gasteiger partial charge in [-0.15, -0.1) is 11.3 Å². The Kier molecular flexibility index (Phi) is 2.87. The first-order valence-electron chi connectivity index (χ1n) is 6.04. The summed E-state index contributed by atoms with van der Waals surface area (Å²) in [7, 11) is 0. The highest BCUT2D eigenvalue weighted by atomic mass is 32.1. The van der Waals surface area contributed by atoms with Gasteiger partial charge in [0.25, 0.3) is 0 Å². The summed E-state index contributed by atoms with van der Waals surface area (Å²) >= 11 is 1.43. The molecule has 6 heteroatoms. The topological polar surface area (TPSA) is 67.9 Å². The second-order valence-electron chi connectivity index (χ2n) is 4.53. The Balaban J connectivity index is 1.85. The Morgan fingerprint density at radius 3 is 2.72 bits per heavy atom. The fourth-order valence-corrected chi connectivity index (χ4v) is 2.82. The van der Waals surface area contributed by atoms with Crippen LogP contribution in [-0.4, -0.2) is 27.5 Å². The zero-order valence-electron chi connectivity index (χ0n) is 10.2. The summed E-state index contributed by atoms with van der Waals surface area (Å²) in [6.07, 6.45) is 6.08. The molecule has 0 unspecified atom stereocenters. The Labute approximate surface area is 110 Å².